The molecule has 3 aliphatic rings. The predicted octanol–water partition coefficient (Wildman–Crippen LogP) is 2.60. The fourth-order valence-corrected chi connectivity index (χ4v) is 5.53. The van der Waals surface area contributed by atoms with Gasteiger partial charge in [0.15, 0.2) is 9.84 Å². The van der Waals surface area contributed by atoms with E-state index in [9.17, 15) is 18.0 Å². The number of fused-ring (bicyclic) bond motifs is 1. The number of anilines is 1. The van der Waals surface area contributed by atoms with Crippen LogP contribution in [0.25, 0.3) is 0 Å². The summed E-state index contributed by atoms with van der Waals surface area (Å²) >= 11 is 0. The van der Waals surface area contributed by atoms with Gasteiger partial charge in [-0.2, -0.15) is 0 Å². The summed E-state index contributed by atoms with van der Waals surface area (Å²) in [5.74, 6) is -0.0571. The molecule has 1 aliphatic heterocycles. The van der Waals surface area contributed by atoms with Gasteiger partial charge < -0.3 is 10.2 Å². The molecule has 0 radical (unpaired) electrons. The lowest BCUT2D eigenvalue weighted by Crippen LogP contribution is -2.36. The molecule has 6 nitrogen and oxygen atoms in total. The second kappa shape index (κ2) is 7.85. The molecule has 0 bridgehead atoms. The normalized spacial score (nSPS) is 20.1. The zero-order chi connectivity index (χ0) is 19.7. The Morgan fingerprint density at radius 1 is 1.07 bits per heavy atom. The number of sulfone groups is 1. The Kier molecular flexibility index (Phi) is 5.45. The number of nitrogens with one attached hydrogen (secondary N) is 1. The van der Waals surface area contributed by atoms with Crippen LogP contribution in [0.4, 0.5) is 5.69 Å². The van der Waals surface area contributed by atoms with Crippen LogP contribution in [0.1, 0.15) is 56.9 Å². The van der Waals surface area contributed by atoms with Crippen molar-refractivity contribution in [2.45, 2.75) is 68.7 Å². The molecule has 152 valence electrons. The van der Waals surface area contributed by atoms with Crippen LogP contribution < -0.4 is 10.2 Å². The van der Waals surface area contributed by atoms with E-state index in [0.717, 1.165) is 49.8 Å². The van der Waals surface area contributed by atoms with Crippen LogP contribution in [0.3, 0.4) is 0 Å². The highest BCUT2D eigenvalue weighted by Gasteiger charge is 2.36. The summed E-state index contributed by atoms with van der Waals surface area (Å²) < 4.78 is 25.4. The van der Waals surface area contributed by atoms with E-state index in [2.05, 4.69) is 5.32 Å². The molecule has 4 rings (SSSR count). The highest BCUT2D eigenvalue weighted by Crippen LogP contribution is 2.37. The first-order chi connectivity index (χ1) is 13.4. The average Bonchev–Trinajstić information content (AvgIpc) is 3.46. The van der Waals surface area contributed by atoms with Gasteiger partial charge in [-0.3, -0.25) is 9.59 Å². The summed E-state index contributed by atoms with van der Waals surface area (Å²) in [5, 5.41) is 2.97. The number of hydrogen-bond acceptors (Lipinski definition) is 4. The lowest BCUT2D eigenvalue weighted by molar-refractivity contribution is -0.121. The Bertz CT molecular complexity index is 870. The van der Waals surface area contributed by atoms with Crippen molar-refractivity contribution < 1.29 is 18.0 Å². The molecule has 0 saturated heterocycles. The van der Waals surface area contributed by atoms with Crippen molar-refractivity contribution in [1.82, 2.24) is 5.32 Å². The maximum absolute atomic E-state index is 12.7. The molecular weight excluding hydrogens is 376 g/mol. The number of carbonyl (C=O) groups is 2. The van der Waals surface area contributed by atoms with Crippen molar-refractivity contribution in [3.8, 4) is 0 Å². The zero-order valence-corrected chi connectivity index (χ0v) is 17.0. The van der Waals surface area contributed by atoms with Crippen molar-refractivity contribution in [3.05, 3.63) is 23.8 Å². The monoisotopic (exact) mass is 404 g/mol. The van der Waals surface area contributed by atoms with Gasteiger partial charge in [0.25, 0.3) is 0 Å². The maximum atomic E-state index is 12.7. The van der Waals surface area contributed by atoms with Crippen LogP contribution in [0, 0.1) is 5.92 Å². The van der Waals surface area contributed by atoms with Crippen molar-refractivity contribution in [2.24, 2.45) is 5.92 Å². The average molecular weight is 405 g/mol. The van der Waals surface area contributed by atoms with Gasteiger partial charge in [0.2, 0.25) is 11.8 Å². The summed E-state index contributed by atoms with van der Waals surface area (Å²) in [7, 11) is -3.52. The first-order valence-electron chi connectivity index (χ1n) is 10.4. The Morgan fingerprint density at radius 2 is 1.82 bits per heavy atom. The van der Waals surface area contributed by atoms with E-state index in [1.807, 2.05) is 0 Å². The smallest absolute Gasteiger partial charge is 0.230 e. The molecule has 0 spiro atoms. The highest BCUT2D eigenvalue weighted by molar-refractivity contribution is 7.91. The Hall–Kier alpha value is -1.89. The molecule has 2 aliphatic carbocycles. The van der Waals surface area contributed by atoms with Crippen LogP contribution in [0.2, 0.25) is 0 Å². The van der Waals surface area contributed by atoms with Gasteiger partial charge in [-0.05, 0) is 55.9 Å². The van der Waals surface area contributed by atoms with Crippen molar-refractivity contribution in [2.75, 3.05) is 17.2 Å². The van der Waals surface area contributed by atoms with Gasteiger partial charge in [-0.15, -0.1) is 0 Å². The number of hydrogen-bond donors (Lipinski definition) is 1. The predicted molar refractivity (Wildman–Crippen MR) is 107 cm³/mol. The first kappa shape index (κ1) is 19.4. The molecule has 0 aromatic heterocycles. The molecule has 1 heterocycles. The van der Waals surface area contributed by atoms with Crippen LogP contribution in [-0.2, 0) is 25.8 Å². The topological polar surface area (TPSA) is 83.6 Å². The third-order valence-corrected chi connectivity index (χ3v) is 7.78. The third-order valence-electron chi connectivity index (χ3n) is 6.07. The summed E-state index contributed by atoms with van der Waals surface area (Å²) in [6.07, 6.45) is 8.01. The largest absolute Gasteiger partial charge is 0.353 e. The standard InChI is InChI=1S/C21H28N2O4S/c24-20(22-17-4-2-1-3-5-17)11-13-28(26,27)18-8-9-19-16(14-18)10-12-23(19)21(25)15-6-7-15/h8-9,14-15,17H,1-7,10-13H2,(H,22,24). The summed E-state index contributed by atoms with van der Waals surface area (Å²) in [4.78, 5) is 26.5. The number of nitrogens with zero attached hydrogens (tertiary/aromatic N) is 1. The number of benzene rings is 1. The first-order valence-corrected chi connectivity index (χ1v) is 12.1. The molecular formula is C21H28N2O4S. The maximum Gasteiger partial charge on any atom is 0.230 e. The van der Waals surface area contributed by atoms with E-state index in [0.29, 0.717) is 13.0 Å². The quantitative estimate of drug-likeness (QED) is 0.790. The Morgan fingerprint density at radius 3 is 2.54 bits per heavy atom. The SMILES string of the molecule is O=C(CCS(=O)(=O)c1ccc2c(c1)CCN2C(=O)C1CC1)NC1CCCCC1. The lowest BCUT2D eigenvalue weighted by atomic mass is 9.95. The van der Waals surface area contributed by atoms with Gasteiger partial charge in [0.1, 0.15) is 0 Å². The van der Waals surface area contributed by atoms with E-state index in [-0.39, 0.29) is 40.8 Å². The van der Waals surface area contributed by atoms with Crippen LogP contribution in [-0.4, -0.2) is 38.6 Å². The Labute approximate surface area is 166 Å². The molecule has 0 unspecified atom stereocenters. The molecule has 7 heteroatoms. The molecule has 0 atom stereocenters. The van der Waals surface area contributed by atoms with Crippen molar-refractivity contribution in [1.29, 1.82) is 0 Å². The van der Waals surface area contributed by atoms with Gasteiger partial charge >= 0.3 is 0 Å². The van der Waals surface area contributed by atoms with Gasteiger partial charge in [0, 0.05) is 30.6 Å². The highest BCUT2D eigenvalue weighted by atomic mass is 32.2. The van der Waals surface area contributed by atoms with Gasteiger partial charge in [-0.1, -0.05) is 19.3 Å². The minimum atomic E-state index is -3.52. The second-order valence-corrected chi connectivity index (χ2v) is 10.4. The molecule has 1 aromatic carbocycles. The number of rotatable bonds is 6. The van der Waals surface area contributed by atoms with Gasteiger partial charge in [-0.25, -0.2) is 8.42 Å². The van der Waals surface area contributed by atoms with Gasteiger partial charge in [0.05, 0.1) is 10.6 Å². The molecule has 1 N–H and O–H groups in total. The number of amides is 2. The van der Waals surface area contributed by atoms with E-state index < -0.39 is 9.84 Å². The third kappa shape index (κ3) is 4.24. The summed E-state index contributed by atoms with van der Waals surface area (Å²) in [5.41, 5.74) is 1.74. The summed E-state index contributed by atoms with van der Waals surface area (Å²) in [6, 6.07) is 5.20. The van der Waals surface area contributed by atoms with E-state index in [1.54, 1.807) is 23.1 Å². The zero-order valence-electron chi connectivity index (χ0n) is 16.2. The second-order valence-electron chi connectivity index (χ2n) is 8.28. The molecule has 2 amide bonds. The van der Waals surface area contributed by atoms with Crippen LogP contribution in [0.5, 0.6) is 0 Å². The molecule has 2 fully saturated rings. The van der Waals surface area contributed by atoms with E-state index in [1.165, 1.54) is 6.42 Å². The van der Waals surface area contributed by atoms with Crippen molar-refractivity contribution >= 4 is 27.3 Å². The lowest BCUT2D eigenvalue weighted by Gasteiger charge is -2.22. The molecule has 28 heavy (non-hydrogen) atoms. The Balaban J connectivity index is 1.37. The van der Waals surface area contributed by atoms with E-state index in [4.69, 9.17) is 0 Å². The number of carbonyl (C=O) groups excluding carboxylic acids is 2. The molecule has 1 aromatic rings. The summed E-state index contributed by atoms with van der Waals surface area (Å²) in [6.45, 7) is 0.623. The molecule has 2 saturated carbocycles. The fraction of sp³-hybridized carbons (Fsp3) is 0.619. The van der Waals surface area contributed by atoms with E-state index >= 15 is 0 Å². The van der Waals surface area contributed by atoms with Crippen LogP contribution >= 0.6 is 0 Å². The fourth-order valence-electron chi connectivity index (χ4n) is 4.24. The minimum Gasteiger partial charge on any atom is -0.353 e. The minimum absolute atomic E-state index is 0.0117. The van der Waals surface area contributed by atoms with Crippen molar-refractivity contribution in [3.63, 3.8) is 0 Å². The van der Waals surface area contributed by atoms with Crippen LogP contribution in [0.15, 0.2) is 23.1 Å².